The van der Waals surface area contributed by atoms with Crippen LogP contribution in [-0.4, -0.2) is 38.5 Å². The molecular formula is C20H32N4O. The number of aliphatic imine (C=N–C) groups is 1. The molecule has 1 aliphatic rings. The highest BCUT2D eigenvalue weighted by molar-refractivity contribution is 5.94. The lowest BCUT2D eigenvalue weighted by molar-refractivity contribution is 0.0963. The highest BCUT2D eigenvalue weighted by Crippen LogP contribution is 2.26. The number of guanidine groups is 1. The Bertz CT molecular complexity index is 585. The second kappa shape index (κ2) is 10.1. The summed E-state index contributed by atoms with van der Waals surface area (Å²) in [5, 5.41) is 9.63. The topological polar surface area (TPSA) is 65.5 Å². The van der Waals surface area contributed by atoms with Crippen molar-refractivity contribution in [3.8, 4) is 0 Å². The predicted molar refractivity (Wildman–Crippen MR) is 104 cm³/mol. The largest absolute Gasteiger partial charge is 0.356 e. The van der Waals surface area contributed by atoms with Gasteiger partial charge in [0.1, 0.15) is 0 Å². The van der Waals surface area contributed by atoms with Crippen LogP contribution in [0.2, 0.25) is 0 Å². The maximum Gasteiger partial charge on any atom is 0.251 e. The number of rotatable bonds is 6. The third kappa shape index (κ3) is 6.07. The lowest BCUT2D eigenvalue weighted by atomic mass is 9.84. The average molecular weight is 345 g/mol. The van der Waals surface area contributed by atoms with E-state index in [0.717, 1.165) is 30.4 Å². The van der Waals surface area contributed by atoms with Crippen LogP contribution in [0.15, 0.2) is 29.3 Å². The van der Waals surface area contributed by atoms with E-state index in [0.29, 0.717) is 11.6 Å². The Kier molecular flexibility index (Phi) is 7.76. The number of carbonyl (C=O) groups is 1. The average Bonchev–Trinajstić information content (AvgIpc) is 2.66. The van der Waals surface area contributed by atoms with Gasteiger partial charge in [0.2, 0.25) is 0 Å². The molecule has 1 amide bonds. The number of nitrogens with one attached hydrogen (secondary N) is 3. The molecule has 2 rings (SSSR count). The molecule has 138 valence electrons. The number of amides is 1. The van der Waals surface area contributed by atoms with Crippen molar-refractivity contribution in [3.05, 3.63) is 35.4 Å². The molecular weight excluding hydrogens is 312 g/mol. The van der Waals surface area contributed by atoms with Gasteiger partial charge in [-0.2, -0.15) is 0 Å². The highest BCUT2D eigenvalue weighted by Gasteiger charge is 2.21. The van der Waals surface area contributed by atoms with Crippen molar-refractivity contribution in [2.45, 2.75) is 51.5 Å². The van der Waals surface area contributed by atoms with Gasteiger partial charge in [-0.05, 0) is 42.9 Å². The lowest BCUT2D eigenvalue weighted by Crippen LogP contribution is -2.45. The predicted octanol–water partition coefficient (Wildman–Crippen LogP) is 2.72. The van der Waals surface area contributed by atoms with Crippen molar-refractivity contribution in [2.75, 3.05) is 20.6 Å². The maximum atomic E-state index is 11.7. The first-order valence-electron chi connectivity index (χ1n) is 9.44. The van der Waals surface area contributed by atoms with Gasteiger partial charge in [-0.1, -0.05) is 38.3 Å². The SMILES string of the molecule is CCC1CCCC(NC(=NC)NCCc2cccc(C(=O)NC)c2)C1. The van der Waals surface area contributed by atoms with Gasteiger partial charge >= 0.3 is 0 Å². The van der Waals surface area contributed by atoms with Crippen molar-refractivity contribution in [3.63, 3.8) is 0 Å². The minimum atomic E-state index is -0.0462. The molecule has 0 aromatic heterocycles. The van der Waals surface area contributed by atoms with Gasteiger partial charge in [0.15, 0.2) is 5.96 Å². The fraction of sp³-hybridized carbons (Fsp3) is 0.600. The number of nitrogens with zero attached hydrogens (tertiary/aromatic N) is 1. The number of hydrogen-bond donors (Lipinski definition) is 3. The molecule has 1 aromatic carbocycles. The molecule has 1 aromatic rings. The van der Waals surface area contributed by atoms with E-state index in [1.807, 2.05) is 25.2 Å². The van der Waals surface area contributed by atoms with Crippen molar-refractivity contribution >= 4 is 11.9 Å². The Labute approximate surface area is 151 Å². The summed E-state index contributed by atoms with van der Waals surface area (Å²) in [5.41, 5.74) is 1.85. The van der Waals surface area contributed by atoms with Crippen LogP contribution in [0, 0.1) is 5.92 Å². The summed E-state index contributed by atoms with van der Waals surface area (Å²) < 4.78 is 0. The zero-order valence-corrected chi connectivity index (χ0v) is 15.8. The van der Waals surface area contributed by atoms with E-state index in [1.54, 1.807) is 7.05 Å². The minimum absolute atomic E-state index is 0.0462. The number of hydrogen-bond acceptors (Lipinski definition) is 2. The number of carbonyl (C=O) groups excluding carboxylic acids is 1. The first-order valence-corrected chi connectivity index (χ1v) is 9.44. The van der Waals surface area contributed by atoms with Gasteiger partial charge in [0.05, 0.1) is 0 Å². The van der Waals surface area contributed by atoms with E-state index in [2.05, 4.69) is 33.9 Å². The summed E-state index contributed by atoms with van der Waals surface area (Å²) in [6.45, 7) is 3.08. The summed E-state index contributed by atoms with van der Waals surface area (Å²) in [7, 11) is 3.47. The Morgan fingerprint density at radius 1 is 1.32 bits per heavy atom. The Morgan fingerprint density at radius 2 is 2.16 bits per heavy atom. The molecule has 0 heterocycles. The summed E-state index contributed by atoms with van der Waals surface area (Å²) in [5.74, 6) is 1.68. The Balaban J connectivity index is 1.80. The molecule has 2 atom stereocenters. The van der Waals surface area contributed by atoms with E-state index < -0.39 is 0 Å². The molecule has 1 aliphatic carbocycles. The zero-order chi connectivity index (χ0) is 18.1. The second-order valence-corrected chi connectivity index (χ2v) is 6.81. The normalized spacial score (nSPS) is 20.8. The van der Waals surface area contributed by atoms with Gasteiger partial charge in [-0.3, -0.25) is 9.79 Å². The van der Waals surface area contributed by atoms with Gasteiger partial charge < -0.3 is 16.0 Å². The fourth-order valence-electron chi connectivity index (χ4n) is 3.52. The quantitative estimate of drug-likeness (QED) is 0.549. The third-order valence-electron chi connectivity index (χ3n) is 5.05. The minimum Gasteiger partial charge on any atom is -0.356 e. The molecule has 0 bridgehead atoms. The van der Waals surface area contributed by atoms with E-state index in [1.165, 1.54) is 32.1 Å². The monoisotopic (exact) mass is 344 g/mol. The molecule has 5 nitrogen and oxygen atoms in total. The molecule has 1 fully saturated rings. The third-order valence-corrected chi connectivity index (χ3v) is 5.05. The van der Waals surface area contributed by atoms with Gasteiger partial charge in [0, 0.05) is 32.2 Å². The second-order valence-electron chi connectivity index (χ2n) is 6.81. The van der Waals surface area contributed by atoms with Crippen molar-refractivity contribution < 1.29 is 4.79 Å². The van der Waals surface area contributed by atoms with Crippen molar-refractivity contribution in [1.82, 2.24) is 16.0 Å². The van der Waals surface area contributed by atoms with Crippen LogP contribution < -0.4 is 16.0 Å². The van der Waals surface area contributed by atoms with E-state index in [-0.39, 0.29) is 5.91 Å². The summed E-state index contributed by atoms with van der Waals surface area (Å²) in [6.07, 6.45) is 7.26. The molecule has 25 heavy (non-hydrogen) atoms. The van der Waals surface area contributed by atoms with Crippen molar-refractivity contribution in [2.24, 2.45) is 10.9 Å². The highest BCUT2D eigenvalue weighted by atomic mass is 16.1. The molecule has 0 spiro atoms. The van der Waals surface area contributed by atoms with E-state index >= 15 is 0 Å². The lowest BCUT2D eigenvalue weighted by Gasteiger charge is -2.30. The summed E-state index contributed by atoms with van der Waals surface area (Å²) in [6, 6.07) is 8.30. The molecule has 2 unspecified atom stereocenters. The van der Waals surface area contributed by atoms with Gasteiger partial charge in [-0.25, -0.2) is 0 Å². The summed E-state index contributed by atoms with van der Waals surface area (Å²) >= 11 is 0. The summed E-state index contributed by atoms with van der Waals surface area (Å²) in [4.78, 5) is 16.1. The molecule has 0 radical (unpaired) electrons. The first-order chi connectivity index (χ1) is 12.2. The standard InChI is InChI=1S/C20H32N4O/c1-4-15-7-6-10-18(14-15)24-20(22-3)23-12-11-16-8-5-9-17(13-16)19(25)21-2/h5,8-9,13,15,18H,4,6-7,10-12,14H2,1-3H3,(H,21,25)(H2,22,23,24). The van der Waals surface area contributed by atoms with E-state index in [4.69, 9.17) is 0 Å². The molecule has 0 aliphatic heterocycles. The molecule has 1 saturated carbocycles. The van der Waals surface area contributed by atoms with E-state index in [9.17, 15) is 4.79 Å². The van der Waals surface area contributed by atoms with Crippen LogP contribution in [0.1, 0.15) is 54.9 Å². The molecule has 5 heteroatoms. The zero-order valence-electron chi connectivity index (χ0n) is 15.8. The van der Waals surface area contributed by atoms with Gasteiger partial charge in [0.25, 0.3) is 5.91 Å². The van der Waals surface area contributed by atoms with Crippen molar-refractivity contribution in [1.29, 1.82) is 0 Å². The Hall–Kier alpha value is -2.04. The fourth-order valence-corrected chi connectivity index (χ4v) is 3.52. The number of benzene rings is 1. The smallest absolute Gasteiger partial charge is 0.251 e. The van der Waals surface area contributed by atoms with Crippen LogP contribution >= 0.6 is 0 Å². The maximum absolute atomic E-state index is 11.7. The first kappa shape index (κ1) is 19.3. The molecule has 0 saturated heterocycles. The van der Waals surface area contributed by atoms with Crippen LogP contribution in [-0.2, 0) is 6.42 Å². The van der Waals surface area contributed by atoms with Crippen LogP contribution in [0.5, 0.6) is 0 Å². The molecule has 3 N–H and O–H groups in total. The van der Waals surface area contributed by atoms with Crippen LogP contribution in [0.25, 0.3) is 0 Å². The van der Waals surface area contributed by atoms with Crippen LogP contribution in [0.3, 0.4) is 0 Å². The van der Waals surface area contributed by atoms with Crippen LogP contribution in [0.4, 0.5) is 0 Å². The van der Waals surface area contributed by atoms with Gasteiger partial charge in [-0.15, -0.1) is 0 Å². The Morgan fingerprint density at radius 3 is 2.88 bits per heavy atom.